The molecule has 6 rings (SSSR count). The molecular formula is C39H47N5O8. The molecule has 0 radical (unpaired) electrons. The predicted octanol–water partition coefficient (Wildman–Crippen LogP) is 6.61. The van der Waals surface area contributed by atoms with Crippen molar-refractivity contribution in [2.75, 3.05) is 19.6 Å². The SMILES string of the molecule is CC(C)(C)OC(=O)NCCCC(=O)c1ccc2[nH]c(=O)oc2c1.Cn1c(=O)oc2cc(C3CCCN3C(=O)NCCCCc3ccccc3)ccc21. The Morgan fingerprint density at radius 1 is 0.904 bits per heavy atom. The van der Waals surface area contributed by atoms with Crippen molar-refractivity contribution in [1.82, 2.24) is 25.1 Å². The van der Waals surface area contributed by atoms with Crippen LogP contribution in [0, 0.1) is 0 Å². The van der Waals surface area contributed by atoms with Gasteiger partial charge in [0, 0.05) is 38.7 Å². The van der Waals surface area contributed by atoms with Crippen LogP contribution in [0.5, 0.6) is 0 Å². The topological polar surface area (TPSA) is 169 Å². The number of carbonyl (C=O) groups is 3. The number of aromatic amines is 1. The fourth-order valence-corrected chi connectivity index (χ4v) is 6.13. The minimum atomic E-state index is -0.550. The van der Waals surface area contributed by atoms with Crippen LogP contribution < -0.4 is 22.1 Å². The summed E-state index contributed by atoms with van der Waals surface area (Å²) in [4.78, 5) is 63.5. The van der Waals surface area contributed by atoms with Crippen LogP contribution >= 0.6 is 0 Å². The molecule has 13 nitrogen and oxygen atoms in total. The summed E-state index contributed by atoms with van der Waals surface area (Å²) >= 11 is 0. The van der Waals surface area contributed by atoms with Gasteiger partial charge in [-0.3, -0.25) is 14.3 Å². The number of hydrogen-bond acceptors (Lipinski definition) is 8. The minimum Gasteiger partial charge on any atom is -0.444 e. The van der Waals surface area contributed by atoms with E-state index in [2.05, 4.69) is 39.9 Å². The maximum atomic E-state index is 12.7. The Bertz CT molecular complexity index is 2100. The van der Waals surface area contributed by atoms with Crippen LogP contribution in [-0.2, 0) is 18.2 Å². The van der Waals surface area contributed by atoms with Crippen molar-refractivity contribution >= 4 is 40.1 Å². The Kier molecular flexibility index (Phi) is 12.4. The number of Topliss-reactive ketones (excluding diaryl/α,β-unsaturated/α-hetero) is 1. The zero-order chi connectivity index (χ0) is 37.3. The number of unbranched alkanes of at least 4 members (excludes halogenated alkanes) is 1. The van der Waals surface area contributed by atoms with Crippen LogP contribution in [0.25, 0.3) is 22.2 Å². The summed E-state index contributed by atoms with van der Waals surface area (Å²) < 4.78 is 16.8. The summed E-state index contributed by atoms with van der Waals surface area (Å²) in [5.74, 6) is -0.999. The molecular weight excluding hydrogens is 666 g/mol. The zero-order valence-electron chi connectivity index (χ0n) is 30.2. The number of alkyl carbamates (subject to hydrolysis) is 1. The highest BCUT2D eigenvalue weighted by molar-refractivity contribution is 5.98. The molecule has 1 fully saturated rings. The van der Waals surface area contributed by atoms with E-state index in [0.29, 0.717) is 41.8 Å². The number of H-pyrrole nitrogens is 1. The molecule has 0 saturated carbocycles. The molecule has 5 aromatic rings. The molecule has 1 aliphatic heterocycles. The van der Waals surface area contributed by atoms with E-state index in [1.54, 1.807) is 40.0 Å². The van der Waals surface area contributed by atoms with E-state index in [4.69, 9.17) is 13.6 Å². The average Bonchev–Trinajstić information content (AvgIpc) is 3.82. The Morgan fingerprint density at radius 3 is 2.44 bits per heavy atom. The van der Waals surface area contributed by atoms with Crippen molar-refractivity contribution < 1.29 is 28.0 Å². The molecule has 1 aliphatic rings. The number of nitrogens with one attached hydrogen (secondary N) is 3. The summed E-state index contributed by atoms with van der Waals surface area (Å²) in [6, 6.07) is 21.0. The number of fused-ring (bicyclic) bond motifs is 2. The number of carbonyl (C=O) groups excluding carboxylic acids is 3. The van der Waals surface area contributed by atoms with Crippen LogP contribution in [0.3, 0.4) is 0 Å². The van der Waals surface area contributed by atoms with Gasteiger partial charge < -0.3 is 29.1 Å². The van der Waals surface area contributed by atoms with Gasteiger partial charge in [-0.05, 0) is 101 Å². The summed E-state index contributed by atoms with van der Waals surface area (Å²) in [7, 11) is 1.70. The van der Waals surface area contributed by atoms with Crippen LogP contribution in [0.4, 0.5) is 9.59 Å². The van der Waals surface area contributed by atoms with E-state index in [-0.39, 0.29) is 30.0 Å². The van der Waals surface area contributed by atoms with E-state index in [1.165, 1.54) is 16.2 Å². The number of aryl methyl sites for hydroxylation is 2. The Balaban J connectivity index is 0.000000207. The van der Waals surface area contributed by atoms with E-state index in [1.807, 2.05) is 29.2 Å². The zero-order valence-corrected chi connectivity index (χ0v) is 30.2. The van der Waals surface area contributed by atoms with Gasteiger partial charge in [-0.25, -0.2) is 19.2 Å². The quantitative estimate of drug-likeness (QED) is 0.102. The largest absolute Gasteiger partial charge is 0.444 e. The smallest absolute Gasteiger partial charge is 0.419 e. The lowest BCUT2D eigenvalue weighted by molar-refractivity contribution is 0.0525. The normalized spacial score (nSPS) is 14.2. The molecule has 1 unspecified atom stereocenters. The fraction of sp³-hybridized carbons (Fsp3) is 0.410. The van der Waals surface area contributed by atoms with Gasteiger partial charge in [0.15, 0.2) is 16.9 Å². The van der Waals surface area contributed by atoms with Gasteiger partial charge in [0.25, 0.3) is 0 Å². The lowest BCUT2D eigenvalue weighted by Crippen LogP contribution is -2.39. The van der Waals surface area contributed by atoms with Gasteiger partial charge in [-0.15, -0.1) is 0 Å². The fourth-order valence-electron chi connectivity index (χ4n) is 6.13. The highest BCUT2D eigenvalue weighted by atomic mass is 16.6. The maximum Gasteiger partial charge on any atom is 0.419 e. The van der Waals surface area contributed by atoms with E-state index >= 15 is 0 Å². The van der Waals surface area contributed by atoms with Crippen molar-refractivity contribution in [3.63, 3.8) is 0 Å². The number of ketones is 1. The molecule has 0 spiro atoms. The van der Waals surface area contributed by atoms with Crippen molar-refractivity contribution in [2.24, 2.45) is 7.05 Å². The predicted molar refractivity (Wildman–Crippen MR) is 198 cm³/mol. The summed E-state index contributed by atoms with van der Waals surface area (Å²) in [5, 5.41) is 5.67. The second kappa shape index (κ2) is 17.1. The third-order valence-electron chi connectivity index (χ3n) is 8.72. The second-order valence-electron chi connectivity index (χ2n) is 13.9. The van der Waals surface area contributed by atoms with Gasteiger partial charge in [0.1, 0.15) is 5.60 Å². The lowest BCUT2D eigenvalue weighted by atomic mass is 10.0. The third kappa shape index (κ3) is 10.2. The first-order chi connectivity index (χ1) is 24.9. The van der Waals surface area contributed by atoms with Gasteiger partial charge in [0.05, 0.1) is 17.1 Å². The summed E-state index contributed by atoms with van der Waals surface area (Å²) in [6.45, 7) is 7.13. The van der Waals surface area contributed by atoms with Crippen molar-refractivity contribution in [3.8, 4) is 0 Å². The molecule has 3 aromatic carbocycles. The van der Waals surface area contributed by atoms with Gasteiger partial charge in [-0.2, -0.15) is 0 Å². The molecule has 3 amide bonds. The van der Waals surface area contributed by atoms with Gasteiger partial charge in [0.2, 0.25) is 0 Å². The molecule has 52 heavy (non-hydrogen) atoms. The average molecular weight is 714 g/mol. The number of aromatic nitrogens is 2. The number of rotatable bonds is 11. The van der Waals surface area contributed by atoms with Crippen LogP contribution in [0.2, 0.25) is 0 Å². The standard InChI is InChI=1S/C23H27N3O3.C16H20N2O5/c1-25-20-13-12-18(16-21(20)29-23(25)28)19-11-7-15-26(19)22(27)24-14-6-5-10-17-8-3-2-4-9-17;1-16(2,3)23-14(20)17-8-4-5-12(19)10-6-7-11-13(9-10)22-15(21)18-11/h2-4,8-9,12-13,16,19H,5-7,10-11,14-15H2,1H3,(H,24,27);6-7,9H,4-5,8H2,1-3H3,(H,17,20)(H,18,21). The number of amides is 3. The monoisotopic (exact) mass is 713 g/mol. The lowest BCUT2D eigenvalue weighted by Gasteiger charge is -2.25. The second-order valence-corrected chi connectivity index (χ2v) is 13.9. The van der Waals surface area contributed by atoms with Gasteiger partial charge >= 0.3 is 23.6 Å². The first-order valence-corrected chi connectivity index (χ1v) is 17.7. The highest BCUT2D eigenvalue weighted by Crippen LogP contribution is 2.33. The maximum absolute atomic E-state index is 12.7. The molecule has 3 heterocycles. The summed E-state index contributed by atoms with van der Waals surface area (Å²) in [6.07, 6.45) is 5.21. The Hall–Kier alpha value is -5.59. The molecule has 2 aromatic heterocycles. The molecule has 3 N–H and O–H groups in total. The van der Waals surface area contributed by atoms with E-state index in [0.717, 1.165) is 49.7 Å². The number of hydrogen-bond donors (Lipinski definition) is 3. The number of ether oxygens (including phenoxy) is 1. The number of likely N-dealkylation sites (tertiary alicyclic amines) is 1. The molecule has 1 atom stereocenters. The third-order valence-corrected chi connectivity index (χ3v) is 8.72. The highest BCUT2D eigenvalue weighted by Gasteiger charge is 2.30. The van der Waals surface area contributed by atoms with Crippen molar-refractivity contribution in [1.29, 1.82) is 0 Å². The van der Waals surface area contributed by atoms with Crippen LogP contribution in [0.15, 0.2) is 85.2 Å². The number of benzene rings is 3. The molecule has 1 saturated heterocycles. The molecule has 13 heteroatoms. The van der Waals surface area contributed by atoms with Gasteiger partial charge in [-0.1, -0.05) is 36.4 Å². The Morgan fingerprint density at radius 2 is 1.67 bits per heavy atom. The number of oxazole rings is 2. The van der Waals surface area contributed by atoms with Crippen molar-refractivity contribution in [3.05, 3.63) is 105 Å². The minimum absolute atomic E-state index is 0.0122. The van der Waals surface area contributed by atoms with Crippen molar-refractivity contribution in [2.45, 2.75) is 77.4 Å². The van der Waals surface area contributed by atoms with Crippen LogP contribution in [0.1, 0.15) is 86.8 Å². The summed E-state index contributed by atoms with van der Waals surface area (Å²) in [5.41, 5.74) is 4.53. The number of urea groups is 1. The molecule has 0 bridgehead atoms. The number of nitrogens with zero attached hydrogens (tertiary/aromatic N) is 2. The van der Waals surface area contributed by atoms with Crippen LogP contribution in [-0.4, -0.2) is 57.6 Å². The van der Waals surface area contributed by atoms with E-state index < -0.39 is 17.5 Å². The Labute approximate surface area is 301 Å². The first-order valence-electron chi connectivity index (χ1n) is 17.7. The molecule has 276 valence electrons. The first kappa shape index (κ1) is 37.7. The van der Waals surface area contributed by atoms with E-state index in [9.17, 15) is 24.0 Å². The molecule has 0 aliphatic carbocycles.